The molecule has 20 heteroatoms. The Balaban J connectivity index is 0.000000146. The van der Waals surface area contributed by atoms with Gasteiger partial charge in [0, 0.05) is 41.6 Å². The average Bonchev–Trinajstić information content (AvgIpc) is 4.05. The number of H-pyrrole nitrogens is 1. The van der Waals surface area contributed by atoms with Crippen LogP contribution in [0.25, 0.3) is 22.3 Å². The predicted octanol–water partition coefficient (Wildman–Crippen LogP) is 8.54. The summed E-state index contributed by atoms with van der Waals surface area (Å²) in [5.74, 6) is 3.29. The maximum absolute atomic E-state index is 8.12. The Labute approximate surface area is 351 Å². The maximum atomic E-state index is 8.12. The number of nitrogens with one attached hydrogen (secondary N) is 2. The molecule has 4 N–H and O–H groups in total. The molecule has 2 aromatic carbocycles. The van der Waals surface area contributed by atoms with Crippen molar-refractivity contribution < 1.29 is 18.9 Å². The first-order chi connectivity index (χ1) is 27.4. The molecular weight excluding hydrogens is 925 g/mol. The van der Waals surface area contributed by atoms with Crippen molar-refractivity contribution in [3.63, 3.8) is 0 Å². The number of ether oxygens (including phenoxy) is 4. The molecule has 0 bridgehead atoms. The van der Waals surface area contributed by atoms with Gasteiger partial charge in [0.15, 0.2) is 61.4 Å². The number of aromatic nitrogens is 8. The third-order valence-electron chi connectivity index (χ3n) is 8.63. The second kappa shape index (κ2) is 16.1. The highest BCUT2D eigenvalue weighted by Crippen LogP contribution is 2.44. The summed E-state index contributed by atoms with van der Waals surface area (Å²) in [7, 11) is 0. The Morgan fingerprint density at radius 3 is 2.05 bits per heavy atom. The van der Waals surface area contributed by atoms with E-state index in [0.29, 0.717) is 22.0 Å². The Morgan fingerprint density at radius 1 is 0.786 bits per heavy atom. The van der Waals surface area contributed by atoms with Crippen molar-refractivity contribution in [2.75, 3.05) is 19.3 Å². The molecule has 0 spiro atoms. The van der Waals surface area contributed by atoms with Crippen molar-refractivity contribution in [2.45, 2.75) is 46.0 Å². The smallest absolute Gasteiger partial charge is 0.231 e. The fraction of sp³-hybridized carbons (Fsp3) is 0.167. The van der Waals surface area contributed by atoms with Crippen molar-refractivity contribution in [3.05, 3.63) is 96.1 Å². The zero-order valence-corrected chi connectivity index (χ0v) is 35.3. The average molecular weight is 953 g/mol. The second-order valence-electron chi connectivity index (χ2n) is 12.1. The zero-order valence-electron chi connectivity index (χ0n) is 28.9. The number of nitrogens with zero attached hydrogens (tertiary/aromatic N) is 7. The number of aryl methyl sites for hydroxylation is 4. The highest BCUT2D eigenvalue weighted by atomic mass is 79.9. The van der Waals surface area contributed by atoms with Crippen molar-refractivity contribution >= 4 is 106 Å². The standard InChI is InChI=1S/2C18H14BrN5O2S2/c19-11-6-12-13(26-9-25-12)7-14(11)28-18-22-15-16(20)21-8-24(17(15)23-18)4-3-10-2-1-5-27-10;19-11-6-12-13(26-9-25-12)7-14(11)28-18-23-15-16(20)21-8-22-17(15)24(18)4-3-10-2-1-5-27-10/h1-2,5-8,20H,3-4,9H2,(H,22,23);1-2,5-8H,3-4,9H2,(H2,20,21,22). The van der Waals surface area contributed by atoms with Gasteiger partial charge in [0.25, 0.3) is 0 Å². The number of aromatic amines is 1. The number of halogens is 2. The van der Waals surface area contributed by atoms with E-state index in [4.69, 9.17) is 40.1 Å². The van der Waals surface area contributed by atoms with Gasteiger partial charge in [-0.1, -0.05) is 35.7 Å². The van der Waals surface area contributed by atoms with Crippen LogP contribution in [-0.4, -0.2) is 52.6 Å². The molecule has 8 aromatic rings. The molecule has 0 saturated carbocycles. The molecule has 14 nitrogen and oxygen atoms in total. The first-order valence-corrected chi connectivity index (χ1v) is 21.9. The van der Waals surface area contributed by atoms with Gasteiger partial charge >= 0.3 is 0 Å². The Kier molecular flexibility index (Phi) is 10.6. The molecule has 284 valence electrons. The Bertz CT molecular complexity index is 2760. The van der Waals surface area contributed by atoms with Gasteiger partial charge in [0.1, 0.15) is 11.8 Å². The summed E-state index contributed by atoms with van der Waals surface area (Å²) in [5.41, 5.74) is 8.96. The molecule has 0 amide bonds. The molecular formula is C36H28Br2N10O4S4. The SMILES string of the molecule is N=c1ncn(CCc2cccs2)c2nc(Sc3cc4c(cc3Br)OCO4)[nH]c12.Nc1ncnc2c1nc(Sc1cc3c(cc1Br)OCO3)n2CCc1cccs1. The predicted molar refractivity (Wildman–Crippen MR) is 222 cm³/mol. The summed E-state index contributed by atoms with van der Waals surface area (Å²) >= 11 is 13.7. The van der Waals surface area contributed by atoms with E-state index >= 15 is 0 Å². The third-order valence-corrected chi connectivity index (χ3v) is 14.3. The fourth-order valence-electron chi connectivity index (χ4n) is 5.91. The topological polar surface area (TPSA) is 177 Å². The first-order valence-electron chi connectivity index (χ1n) is 16.9. The van der Waals surface area contributed by atoms with Crippen LogP contribution in [0, 0.1) is 5.41 Å². The quantitative estimate of drug-likeness (QED) is 0.119. The van der Waals surface area contributed by atoms with Gasteiger partial charge < -0.3 is 38.8 Å². The monoisotopic (exact) mass is 950 g/mol. The van der Waals surface area contributed by atoms with Crippen molar-refractivity contribution in [1.29, 1.82) is 5.41 Å². The van der Waals surface area contributed by atoms with Gasteiger partial charge in [-0.15, -0.1) is 22.7 Å². The van der Waals surface area contributed by atoms with E-state index in [1.54, 1.807) is 29.0 Å². The summed E-state index contributed by atoms with van der Waals surface area (Å²) in [5, 5.41) is 13.8. The van der Waals surface area contributed by atoms with Gasteiger partial charge in [-0.3, -0.25) is 5.41 Å². The molecule has 6 aromatic heterocycles. The minimum absolute atomic E-state index is 0.187. The number of nitrogen functional groups attached to an aromatic ring is 1. The second-order valence-corrected chi connectivity index (χ2v) is 18.0. The molecule has 2 aliphatic heterocycles. The van der Waals surface area contributed by atoms with E-state index in [9.17, 15) is 0 Å². The van der Waals surface area contributed by atoms with E-state index in [1.807, 2.05) is 28.8 Å². The Hall–Kier alpha value is -4.60. The highest BCUT2D eigenvalue weighted by molar-refractivity contribution is 9.10. The number of thiophene rings is 2. The van der Waals surface area contributed by atoms with E-state index in [2.05, 4.69) is 91.4 Å². The van der Waals surface area contributed by atoms with Crippen LogP contribution in [0.2, 0.25) is 0 Å². The number of fused-ring (bicyclic) bond motifs is 4. The van der Waals surface area contributed by atoms with E-state index < -0.39 is 0 Å². The van der Waals surface area contributed by atoms with Crippen LogP contribution >= 0.6 is 78.1 Å². The summed E-state index contributed by atoms with van der Waals surface area (Å²) in [6, 6.07) is 16.1. The van der Waals surface area contributed by atoms with Crippen LogP contribution in [-0.2, 0) is 25.9 Å². The number of anilines is 1. The van der Waals surface area contributed by atoms with Crippen molar-refractivity contribution in [2.24, 2.45) is 0 Å². The zero-order chi connectivity index (χ0) is 38.2. The molecule has 0 atom stereocenters. The lowest BCUT2D eigenvalue weighted by atomic mass is 10.3. The summed E-state index contributed by atoms with van der Waals surface area (Å²) in [4.78, 5) is 29.9. The van der Waals surface area contributed by atoms with Crippen LogP contribution in [0.5, 0.6) is 23.0 Å². The summed E-state index contributed by atoms with van der Waals surface area (Å²) in [6.45, 7) is 1.98. The molecule has 0 saturated heterocycles. The number of rotatable bonds is 10. The molecule has 0 fully saturated rings. The minimum atomic E-state index is 0.187. The van der Waals surface area contributed by atoms with Crippen molar-refractivity contribution in [1.82, 2.24) is 39.0 Å². The molecule has 0 unspecified atom stereocenters. The lowest BCUT2D eigenvalue weighted by Crippen LogP contribution is -2.13. The van der Waals surface area contributed by atoms with Crippen LogP contribution in [0.1, 0.15) is 9.75 Å². The third kappa shape index (κ3) is 7.72. The lowest BCUT2D eigenvalue weighted by molar-refractivity contribution is 0.173. The van der Waals surface area contributed by atoms with Crippen LogP contribution in [0.15, 0.2) is 101 Å². The van der Waals surface area contributed by atoms with Gasteiger partial charge in [0.2, 0.25) is 13.6 Å². The molecule has 0 aliphatic carbocycles. The van der Waals surface area contributed by atoms with E-state index in [0.717, 1.165) is 84.1 Å². The summed E-state index contributed by atoms with van der Waals surface area (Å²) < 4.78 is 27.7. The van der Waals surface area contributed by atoms with Gasteiger partial charge in [0.05, 0.1) is 6.33 Å². The van der Waals surface area contributed by atoms with E-state index in [1.165, 1.54) is 39.6 Å². The molecule has 8 heterocycles. The minimum Gasteiger partial charge on any atom is -0.454 e. The van der Waals surface area contributed by atoms with Gasteiger partial charge in [-0.2, -0.15) is 0 Å². The summed E-state index contributed by atoms with van der Waals surface area (Å²) in [6.07, 6.45) is 4.96. The number of hydrogen-bond donors (Lipinski definition) is 3. The maximum Gasteiger partial charge on any atom is 0.231 e. The number of benzene rings is 2. The van der Waals surface area contributed by atoms with Crippen LogP contribution < -0.4 is 30.2 Å². The van der Waals surface area contributed by atoms with Crippen LogP contribution in [0.4, 0.5) is 5.82 Å². The number of nitrogens with two attached hydrogens (primary N) is 1. The van der Waals surface area contributed by atoms with Crippen LogP contribution in [0.3, 0.4) is 0 Å². The Morgan fingerprint density at radius 2 is 1.41 bits per heavy atom. The van der Waals surface area contributed by atoms with E-state index in [-0.39, 0.29) is 19.1 Å². The first kappa shape index (κ1) is 37.0. The molecule has 56 heavy (non-hydrogen) atoms. The molecule has 0 radical (unpaired) electrons. The normalized spacial score (nSPS) is 12.8. The highest BCUT2D eigenvalue weighted by Gasteiger charge is 2.22. The largest absolute Gasteiger partial charge is 0.454 e. The van der Waals surface area contributed by atoms with Gasteiger partial charge in [-0.25, -0.2) is 24.9 Å². The molecule has 10 rings (SSSR count). The molecule has 2 aliphatic rings. The van der Waals surface area contributed by atoms with Crippen molar-refractivity contribution in [3.8, 4) is 23.0 Å². The lowest BCUT2D eigenvalue weighted by Gasteiger charge is -2.09. The number of hydrogen-bond acceptors (Lipinski definition) is 15. The van der Waals surface area contributed by atoms with Gasteiger partial charge in [-0.05, 0) is 91.9 Å². The fourth-order valence-corrected chi connectivity index (χ4v) is 10.2. The number of imidazole rings is 2.